The molecule has 2 aromatic rings. The lowest BCUT2D eigenvalue weighted by Crippen LogP contribution is -2.29. The zero-order valence-corrected chi connectivity index (χ0v) is 12.3. The normalized spacial score (nSPS) is 16.6. The lowest BCUT2D eigenvalue weighted by molar-refractivity contribution is -0.122. The zero-order chi connectivity index (χ0) is 14.8. The van der Waals surface area contributed by atoms with Crippen molar-refractivity contribution in [2.45, 2.75) is 13.5 Å². The molecule has 3 rings (SSSR count). The molecule has 1 aliphatic rings. The molecule has 4 nitrogen and oxygen atoms in total. The lowest BCUT2D eigenvalue weighted by atomic mass is 10.1. The number of nitrogens with zero attached hydrogens (tertiary/aromatic N) is 1. The summed E-state index contributed by atoms with van der Waals surface area (Å²) in [6, 6.07) is 11.5. The minimum Gasteiger partial charge on any atom is -0.467 e. The molecule has 1 amide bonds. The van der Waals surface area contributed by atoms with E-state index in [0.29, 0.717) is 23.1 Å². The molecule has 0 bridgehead atoms. The number of hydrogen-bond donors (Lipinski definition) is 1. The van der Waals surface area contributed by atoms with Gasteiger partial charge in [0.2, 0.25) is 0 Å². The van der Waals surface area contributed by atoms with E-state index < -0.39 is 0 Å². The van der Waals surface area contributed by atoms with Crippen LogP contribution in [0.15, 0.2) is 52.8 Å². The van der Waals surface area contributed by atoms with E-state index in [1.54, 1.807) is 18.4 Å². The predicted octanol–water partition coefficient (Wildman–Crippen LogP) is 2.85. The molecule has 106 valence electrons. The van der Waals surface area contributed by atoms with E-state index in [2.05, 4.69) is 5.32 Å². The zero-order valence-electron chi connectivity index (χ0n) is 11.5. The maximum absolute atomic E-state index is 12.4. The van der Waals surface area contributed by atoms with E-state index in [1.165, 1.54) is 10.5 Å². The van der Waals surface area contributed by atoms with Gasteiger partial charge < -0.3 is 9.73 Å². The third kappa shape index (κ3) is 2.87. The minimum atomic E-state index is -0.142. The fourth-order valence-electron chi connectivity index (χ4n) is 2.10. The number of carbonyl (C=O) groups excluding carboxylic acids is 1. The molecule has 1 aliphatic heterocycles. The Morgan fingerprint density at radius 1 is 1.29 bits per heavy atom. The van der Waals surface area contributed by atoms with Gasteiger partial charge in [-0.05, 0) is 42.9 Å². The summed E-state index contributed by atoms with van der Waals surface area (Å²) in [6.07, 6.45) is 3.38. The van der Waals surface area contributed by atoms with Gasteiger partial charge >= 0.3 is 0 Å². The molecule has 1 fully saturated rings. The molecule has 0 radical (unpaired) electrons. The Bertz CT molecular complexity index is 702. The van der Waals surface area contributed by atoms with Gasteiger partial charge in [-0.15, -0.1) is 0 Å². The van der Waals surface area contributed by atoms with Crippen molar-refractivity contribution in [1.29, 1.82) is 0 Å². The minimum absolute atomic E-state index is 0.142. The molecule has 0 saturated carbocycles. The van der Waals surface area contributed by atoms with Gasteiger partial charge in [0.05, 0.1) is 12.8 Å². The van der Waals surface area contributed by atoms with Crippen LogP contribution < -0.4 is 5.32 Å². The number of hydrogen-bond acceptors (Lipinski definition) is 3. The summed E-state index contributed by atoms with van der Waals surface area (Å²) in [5.41, 5.74) is 2.62. The van der Waals surface area contributed by atoms with Crippen molar-refractivity contribution in [2.24, 2.45) is 0 Å². The molecular weight excluding hydrogens is 284 g/mol. The fraction of sp³-hybridized carbons (Fsp3) is 0.125. The maximum atomic E-state index is 12.4. The van der Waals surface area contributed by atoms with Crippen molar-refractivity contribution in [3.63, 3.8) is 0 Å². The average Bonchev–Trinajstić information content (AvgIpc) is 3.06. The quantitative estimate of drug-likeness (QED) is 0.699. The van der Waals surface area contributed by atoms with Gasteiger partial charge in [-0.2, -0.15) is 0 Å². The first-order valence-corrected chi connectivity index (χ1v) is 6.98. The molecule has 0 unspecified atom stereocenters. The van der Waals surface area contributed by atoms with E-state index in [-0.39, 0.29) is 5.91 Å². The Labute approximate surface area is 128 Å². The lowest BCUT2D eigenvalue weighted by Gasteiger charge is -2.11. The van der Waals surface area contributed by atoms with Crippen LogP contribution in [0.3, 0.4) is 0 Å². The highest BCUT2D eigenvalue weighted by atomic mass is 32.1. The smallest absolute Gasteiger partial charge is 0.276 e. The molecule has 0 spiro atoms. The van der Waals surface area contributed by atoms with Gasteiger partial charge in [0.15, 0.2) is 5.11 Å². The van der Waals surface area contributed by atoms with E-state index in [4.69, 9.17) is 16.6 Å². The van der Waals surface area contributed by atoms with Gasteiger partial charge in [-0.1, -0.05) is 29.8 Å². The Hall–Kier alpha value is -2.40. The Morgan fingerprint density at radius 3 is 2.71 bits per heavy atom. The Kier molecular flexibility index (Phi) is 3.58. The van der Waals surface area contributed by atoms with Crippen molar-refractivity contribution in [2.75, 3.05) is 0 Å². The molecule has 2 heterocycles. The van der Waals surface area contributed by atoms with E-state index >= 15 is 0 Å². The number of nitrogens with one attached hydrogen (secondary N) is 1. The monoisotopic (exact) mass is 298 g/mol. The number of rotatable bonds is 3. The van der Waals surface area contributed by atoms with Crippen LogP contribution in [0, 0.1) is 6.92 Å². The number of benzene rings is 1. The first-order valence-electron chi connectivity index (χ1n) is 6.57. The number of furan rings is 1. The van der Waals surface area contributed by atoms with Crippen LogP contribution >= 0.6 is 12.2 Å². The third-order valence-electron chi connectivity index (χ3n) is 3.24. The summed E-state index contributed by atoms with van der Waals surface area (Å²) in [5.74, 6) is 0.557. The van der Waals surface area contributed by atoms with E-state index in [9.17, 15) is 4.79 Å². The fourth-order valence-corrected chi connectivity index (χ4v) is 2.36. The molecule has 0 aliphatic carbocycles. The topological polar surface area (TPSA) is 45.5 Å². The van der Waals surface area contributed by atoms with Crippen molar-refractivity contribution < 1.29 is 9.21 Å². The van der Waals surface area contributed by atoms with Gasteiger partial charge in [0.25, 0.3) is 5.91 Å². The second kappa shape index (κ2) is 5.54. The van der Waals surface area contributed by atoms with Crippen molar-refractivity contribution in [1.82, 2.24) is 10.2 Å². The molecule has 21 heavy (non-hydrogen) atoms. The van der Waals surface area contributed by atoms with E-state index in [0.717, 1.165) is 5.56 Å². The number of thiocarbonyl (C=S) groups is 1. The highest BCUT2D eigenvalue weighted by Crippen LogP contribution is 2.17. The summed E-state index contributed by atoms with van der Waals surface area (Å²) in [6.45, 7) is 2.36. The maximum Gasteiger partial charge on any atom is 0.276 e. The van der Waals surface area contributed by atoms with Crippen LogP contribution in [0.1, 0.15) is 16.9 Å². The van der Waals surface area contributed by atoms with Crippen LogP contribution in [0.4, 0.5) is 0 Å². The molecule has 1 aromatic carbocycles. The predicted molar refractivity (Wildman–Crippen MR) is 84.1 cm³/mol. The standard InChI is InChI=1S/C16H14N2O2S/c1-11-4-6-12(7-5-11)9-14-15(19)18(16(21)17-14)10-13-3-2-8-20-13/h2-9H,10H2,1H3,(H,17,21)/b14-9+. The molecule has 5 heteroatoms. The van der Waals surface area contributed by atoms with Crippen LogP contribution in [0.25, 0.3) is 6.08 Å². The largest absolute Gasteiger partial charge is 0.467 e. The van der Waals surface area contributed by atoms with E-state index in [1.807, 2.05) is 37.3 Å². The van der Waals surface area contributed by atoms with Crippen LogP contribution in [0.5, 0.6) is 0 Å². The molecule has 1 aromatic heterocycles. The molecule has 0 atom stereocenters. The first kappa shape index (κ1) is 13.6. The third-order valence-corrected chi connectivity index (χ3v) is 3.57. The van der Waals surface area contributed by atoms with Crippen molar-refractivity contribution in [3.8, 4) is 0 Å². The molecule has 1 N–H and O–H groups in total. The number of amides is 1. The second-order valence-corrected chi connectivity index (χ2v) is 5.26. The summed E-state index contributed by atoms with van der Waals surface area (Å²) in [5, 5.41) is 3.35. The summed E-state index contributed by atoms with van der Waals surface area (Å²) in [7, 11) is 0. The van der Waals surface area contributed by atoms with Crippen LogP contribution in [-0.4, -0.2) is 15.9 Å². The number of aryl methyl sites for hydroxylation is 1. The second-order valence-electron chi connectivity index (χ2n) is 4.87. The van der Waals surface area contributed by atoms with Gasteiger partial charge in [0.1, 0.15) is 11.5 Å². The Morgan fingerprint density at radius 2 is 2.05 bits per heavy atom. The van der Waals surface area contributed by atoms with Crippen LogP contribution in [0.2, 0.25) is 0 Å². The SMILES string of the molecule is Cc1ccc(/C=C2/NC(=S)N(Cc3ccco3)C2=O)cc1. The highest BCUT2D eigenvalue weighted by molar-refractivity contribution is 7.80. The summed E-state index contributed by atoms with van der Waals surface area (Å²) >= 11 is 5.22. The summed E-state index contributed by atoms with van der Waals surface area (Å²) < 4.78 is 5.26. The van der Waals surface area contributed by atoms with Crippen molar-refractivity contribution >= 4 is 29.3 Å². The molecule has 1 saturated heterocycles. The first-order chi connectivity index (χ1) is 10.1. The van der Waals surface area contributed by atoms with Gasteiger partial charge in [0, 0.05) is 0 Å². The number of carbonyl (C=O) groups is 1. The van der Waals surface area contributed by atoms with Gasteiger partial charge in [-0.3, -0.25) is 9.69 Å². The van der Waals surface area contributed by atoms with Gasteiger partial charge in [-0.25, -0.2) is 0 Å². The summed E-state index contributed by atoms with van der Waals surface area (Å²) in [4.78, 5) is 13.9. The average molecular weight is 298 g/mol. The van der Waals surface area contributed by atoms with Crippen LogP contribution in [-0.2, 0) is 11.3 Å². The van der Waals surface area contributed by atoms with Crippen molar-refractivity contribution in [3.05, 3.63) is 65.2 Å². The molecular formula is C16H14N2O2S. The highest BCUT2D eigenvalue weighted by Gasteiger charge is 2.31. The Balaban J connectivity index is 1.81.